The van der Waals surface area contributed by atoms with Gasteiger partial charge in [0.25, 0.3) is 0 Å². The molecule has 1 aromatic rings. The van der Waals surface area contributed by atoms with Crippen LogP contribution in [-0.2, 0) is 4.79 Å². The third-order valence-corrected chi connectivity index (χ3v) is 3.59. The van der Waals surface area contributed by atoms with Gasteiger partial charge >= 0.3 is 0 Å². The van der Waals surface area contributed by atoms with E-state index in [1.165, 1.54) is 0 Å². The van der Waals surface area contributed by atoms with E-state index < -0.39 is 0 Å². The van der Waals surface area contributed by atoms with Gasteiger partial charge in [-0.2, -0.15) is 0 Å². The summed E-state index contributed by atoms with van der Waals surface area (Å²) in [6.45, 7) is 4.04. The van der Waals surface area contributed by atoms with Crippen LogP contribution in [0.1, 0.15) is 30.9 Å². The minimum Gasteiger partial charge on any atom is -0.496 e. The van der Waals surface area contributed by atoms with E-state index >= 15 is 0 Å². The van der Waals surface area contributed by atoms with Crippen LogP contribution in [0.2, 0.25) is 0 Å². The van der Waals surface area contributed by atoms with Crippen LogP contribution in [0.3, 0.4) is 0 Å². The molecule has 1 unspecified atom stereocenters. The number of ether oxygens (including phenoxy) is 1. The lowest BCUT2D eigenvalue weighted by atomic mass is 9.81. The molecule has 2 nitrogen and oxygen atoms in total. The fourth-order valence-corrected chi connectivity index (χ4v) is 2.50. The molecule has 0 saturated carbocycles. The Bertz CT molecular complexity index is 474. The Hall–Kier alpha value is -1.57. The van der Waals surface area contributed by atoms with Gasteiger partial charge in [-0.05, 0) is 55.5 Å². The van der Waals surface area contributed by atoms with E-state index in [2.05, 4.69) is 12.1 Å². The Labute approximate surface area is 102 Å². The summed E-state index contributed by atoms with van der Waals surface area (Å²) in [5, 5.41) is 0. The zero-order valence-corrected chi connectivity index (χ0v) is 10.6. The fraction of sp³-hybridized carbons (Fsp3) is 0.400. The SMILES string of the molecule is COc1ccc(C2=CCCC2(C)C=O)cc1C. The summed E-state index contributed by atoms with van der Waals surface area (Å²) in [5.74, 6) is 0.889. The number of benzene rings is 1. The molecule has 0 amide bonds. The van der Waals surface area contributed by atoms with Crippen molar-refractivity contribution in [2.45, 2.75) is 26.7 Å². The summed E-state index contributed by atoms with van der Waals surface area (Å²) in [4.78, 5) is 11.3. The van der Waals surface area contributed by atoms with Crippen LogP contribution in [0.15, 0.2) is 24.3 Å². The predicted molar refractivity (Wildman–Crippen MR) is 69.1 cm³/mol. The molecule has 2 heteroatoms. The first-order valence-electron chi connectivity index (χ1n) is 5.93. The maximum Gasteiger partial charge on any atom is 0.130 e. The van der Waals surface area contributed by atoms with Crippen LogP contribution in [0.4, 0.5) is 0 Å². The maximum atomic E-state index is 11.3. The second-order valence-corrected chi connectivity index (χ2v) is 4.88. The van der Waals surface area contributed by atoms with Crippen molar-refractivity contribution < 1.29 is 9.53 Å². The normalized spacial score (nSPS) is 23.4. The molecule has 0 heterocycles. The quantitative estimate of drug-likeness (QED) is 0.744. The van der Waals surface area contributed by atoms with Gasteiger partial charge in [0.1, 0.15) is 12.0 Å². The molecule has 1 aromatic carbocycles. The first kappa shape index (κ1) is 11.9. The molecular formula is C15H18O2. The molecule has 0 spiro atoms. The molecule has 0 aromatic heterocycles. The van der Waals surface area contributed by atoms with E-state index in [0.717, 1.165) is 41.6 Å². The molecule has 90 valence electrons. The van der Waals surface area contributed by atoms with E-state index in [9.17, 15) is 4.79 Å². The predicted octanol–water partition coefficient (Wildman–Crippen LogP) is 3.39. The van der Waals surface area contributed by atoms with Crippen molar-refractivity contribution in [3.8, 4) is 5.75 Å². The Morgan fingerprint density at radius 2 is 2.18 bits per heavy atom. The van der Waals surface area contributed by atoms with Crippen LogP contribution in [0.5, 0.6) is 5.75 Å². The molecule has 0 fully saturated rings. The van der Waals surface area contributed by atoms with Crippen molar-refractivity contribution in [2.75, 3.05) is 7.11 Å². The van der Waals surface area contributed by atoms with Gasteiger partial charge in [0.2, 0.25) is 0 Å². The topological polar surface area (TPSA) is 26.3 Å². The Balaban J connectivity index is 2.41. The van der Waals surface area contributed by atoms with Gasteiger partial charge < -0.3 is 9.53 Å². The Morgan fingerprint density at radius 3 is 2.76 bits per heavy atom. The van der Waals surface area contributed by atoms with Crippen LogP contribution in [0, 0.1) is 12.3 Å². The second-order valence-electron chi connectivity index (χ2n) is 4.88. The smallest absolute Gasteiger partial charge is 0.130 e. The lowest BCUT2D eigenvalue weighted by Gasteiger charge is -2.21. The minimum absolute atomic E-state index is 0.318. The van der Waals surface area contributed by atoms with E-state index in [4.69, 9.17) is 4.74 Å². The van der Waals surface area contributed by atoms with Crippen molar-refractivity contribution in [3.63, 3.8) is 0 Å². The number of aryl methyl sites for hydroxylation is 1. The third-order valence-electron chi connectivity index (χ3n) is 3.59. The number of hydrogen-bond donors (Lipinski definition) is 0. The largest absolute Gasteiger partial charge is 0.496 e. The highest BCUT2D eigenvalue weighted by atomic mass is 16.5. The molecule has 0 radical (unpaired) electrons. The maximum absolute atomic E-state index is 11.3. The zero-order valence-electron chi connectivity index (χ0n) is 10.6. The zero-order chi connectivity index (χ0) is 12.5. The fourth-order valence-electron chi connectivity index (χ4n) is 2.50. The van der Waals surface area contributed by atoms with Gasteiger partial charge in [0.15, 0.2) is 0 Å². The van der Waals surface area contributed by atoms with Crippen molar-refractivity contribution in [1.82, 2.24) is 0 Å². The van der Waals surface area contributed by atoms with Crippen LogP contribution in [0.25, 0.3) is 5.57 Å². The number of carbonyl (C=O) groups is 1. The molecule has 0 bridgehead atoms. The van der Waals surface area contributed by atoms with Crippen LogP contribution in [-0.4, -0.2) is 13.4 Å². The highest BCUT2D eigenvalue weighted by Gasteiger charge is 2.32. The number of aldehydes is 1. The number of hydrogen-bond acceptors (Lipinski definition) is 2. The summed E-state index contributed by atoms with van der Waals surface area (Å²) in [5.41, 5.74) is 3.07. The molecule has 0 saturated heterocycles. The van der Waals surface area contributed by atoms with Gasteiger partial charge in [-0.15, -0.1) is 0 Å². The monoisotopic (exact) mass is 230 g/mol. The Kier molecular flexibility index (Phi) is 3.05. The average molecular weight is 230 g/mol. The van der Waals surface area contributed by atoms with Gasteiger partial charge in [-0.3, -0.25) is 0 Å². The summed E-state index contributed by atoms with van der Waals surface area (Å²) in [6.07, 6.45) is 5.15. The lowest BCUT2D eigenvalue weighted by Crippen LogP contribution is -2.16. The number of rotatable bonds is 3. The molecule has 1 aliphatic rings. The summed E-state index contributed by atoms with van der Waals surface area (Å²) in [6, 6.07) is 6.09. The van der Waals surface area contributed by atoms with Gasteiger partial charge in [-0.1, -0.05) is 12.1 Å². The molecule has 1 atom stereocenters. The first-order valence-corrected chi connectivity index (χ1v) is 5.93. The molecule has 17 heavy (non-hydrogen) atoms. The highest BCUT2D eigenvalue weighted by Crippen LogP contribution is 2.43. The second kappa shape index (κ2) is 4.36. The van der Waals surface area contributed by atoms with Crippen molar-refractivity contribution in [3.05, 3.63) is 35.4 Å². The summed E-state index contributed by atoms with van der Waals surface area (Å²) in [7, 11) is 1.67. The Morgan fingerprint density at radius 1 is 1.41 bits per heavy atom. The summed E-state index contributed by atoms with van der Waals surface area (Å²) < 4.78 is 5.25. The number of allylic oxidation sites excluding steroid dienone is 2. The lowest BCUT2D eigenvalue weighted by molar-refractivity contribution is -0.113. The number of carbonyl (C=O) groups excluding carboxylic acids is 1. The van der Waals surface area contributed by atoms with Gasteiger partial charge in [0, 0.05) is 5.41 Å². The minimum atomic E-state index is -0.318. The van der Waals surface area contributed by atoms with Crippen molar-refractivity contribution in [2.24, 2.45) is 5.41 Å². The van der Waals surface area contributed by atoms with E-state index in [-0.39, 0.29) is 5.41 Å². The first-order chi connectivity index (χ1) is 8.10. The van der Waals surface area contributed by atoms with Crippen molar-refractivity contribution in [1.29, 1.82) is 0 Å². The van der Waals surface area contributed by atoms with E-state index in [0.29, 0.717) is 0 Å². The van der Waals surface area contributed by atoms with Crippen molar-refractivity contribution >= 4 is 11.9 Å². The molecule has 1 aliphatic carbocycles. The molecule has 2 rings (SSSR count). The summed E-state index contributed by atoms with van der Waals surface area (Å²) >= 11 is 0. The van der Waals surface area contributed by atoms with E-state index in [1.54, 1.807) is 7.11 Å². The van der Waals surface area contributed by atoms with Crippen LogP contribution >= 0.6 is 0 Å². The molecule has 0 aliphatic heterocycles. The molecular weight excluding hydrogens is 212 g/mol. The highest BCUT2D eigenvalue weighted by molar-refractivity contribution is 5.86. The number of methoxy groups -OCH3 is 1. The van der Waals surface area contributed by atoms with Gasteiger partial charge in [-0.25, -0.2) is 0 Å². The molecule has 0 N–H and O–H groups in total. The average Bonchev–Trinajstić information content (AvgIpc) is 2.72. The standard InChI is InChI=1S/C15H18O2/c1-11-9-12(6-7-14(11)17-3)13-5-4-8-15(13,2)10-16/h5-7,9-10H,4,8H2,1-3H3. The third kappa shape index (κ3) is 1.99. The van der Waals surface area contributed by atoms with Gasteiger partial charge in [0.05, 0.1) is 7.11 Å². The van der Waals surface area contributed by atoms with E-state index in [1.807, 2.05) is 26.0 Å². The van der Waals surface area contributed by atoms with Crippen LogP contribution < -0.4 is 4.74 Å².